The van der Waals surface area contributed by atoms with Crippen LogP contribution in [0.15, 0.2) is 42.5 Å². The molecular formula is C18H21N. The fourth-order valence-corrected chi connectivity index (χ4v) is 3.07. The molecular weight excluding hydrogens is 230 g/mol. The van der Waals surface area contributed by atoms with Gasteiger partial charge in [0.15, 0.2) is 0 Å². The van der Waals surface area contributed by atoms with Gasteiger partial charge in [-0.25, -0.2) is 0 Å². The van der Waals surface area contributed by atoms with Crippen LogP contribution in [0.5, 0.6) is 0 Å². The Kier molecular flexibility index (Phi) is 3.39. The molecule has 1 aliphatic rings. The first-order valence-electron chi connectivity index (χ1n) is 7.20. The minimum atomic E-state index is 0.314. The molecule has 0 bridgehead atoms. The summed E-state index contributed by atoms with van der Waals surface area (Å²) in [5, 5.41) is 0. The van der Waals surface area contributed by atoms with Gasteiger partial charge in [-0.1, -0.05) is 42.5 Å². The smallest absolute Gasteiger partial charge is 0.00105 e. The first kappa shape index (κ1) is 12.4. The van der Waals surface area contributed by atoms with Crippen LogP contribution in [0.2, 0.25) is 0 Å². The van der Waals surface area contributed by atoms with Crippen molar-refractivity contribution in [2.45, 2.75) is 38.6 Å². The second-order valence-electron chi connectivity index (χ2n) is 5.65. The Morgan fingerprint density at radius 2 is 1.84 bits per heavy atom. The molecule has 1 nitrogen and oxygen atoms in total. The van der Waals surface area contributed by atoms with Gasteiger partial charge in [0.25, 0.3) is 0 Å². The van der Waals surface area contributed by atoms with Gasteiger partial charge in [-0.05, 0) is 60.4 Å². The molecule has 0 heterocycles. The molecule has 0 amide bonds. The highest BCUT2D eigenvalue weighted by atomic mass is 14.6. The molecule has 0 saturated heterocycles. The van der Waals surface area contributed by atoms with Crippen LogP contribution in [0.1, 0.15) is 36.5 Å². The van der Waals surface area contributed by atoms with Crippen LogP contribution >= 0.6 is 0 Å². The topological polar surface area (TPSA) is 26.0 Å². The summed E-state index contributed by atoms with van der Waals surface area (Å²) in [6, 6.07) is 15.8. The van der Waals surface area contributed by atoms with E-state index in [2.05, 4.69) is 49.4 Å². The summed E-state index contributed by atoms with van der Waals surface area (Å²) in [5.74, 6) is 0. The van der Waals surface area contributed by atoms with Gasteiger partial charge in [0.1, 0.15) is 0 Å². The molecule has 1 unspecified atom stereocenters. The average molecular weight is 251 g/mol. The van der Waals surface area contributed by atoms with Crippen LogP contribution in [-0.2, 0) is 12.8 Å². The Labute approximate surface area is 115 Å². The van der Waals surface area contributed by atoms with E-state index >= 15 is 0 Å². The molecule has 0 spiro atoms. The molecule has 0 fully saturated rings. The first-order valence-corrected chi connectivity index (χ1v) is 7.20. The number of fused-ring (bicyclic) bond motifs is 3. The number of hydrogen-bond acceptors (Lipinski definition) is 1. The van der Waals surface area contributed by atoms with Gasteiger partial charge in [0, 0.05) is 6.04 Å². The molecule has 2 aromatic rings. The lowest BCUT2D eigenvalue weighted by molar-refractivity contribution is 0.623. The van der Waals surface area contributed by atoms with Crippen molar-refractivity contribution in [3.8, 4) is 11.1 Å². The lowest BCUT2D eigenvalue weighted by atomic mass is 9.97. The third-order valence-corrected chi connectivity index (χ3v) is 4.05. The van der Waals surface area contributed by atoms with E-state index in [1.807, 2.05) is 0 Å². The van der Waals surface area contributed by atoms with Crippen LogP contribution in [0.3, 0.4) is 0 Å². The lowest BCUT2D eigenvalue weighted by Gasteiger charge is -2.09. The molecule has 1 atom stereocenters. The van der Waals surface area contributed by atoms with Crippen LogP contribution in [0.25, 0.3) is 11.1 Å². The van der Waals surface area contributed by atoms with E-state index in [-0.39, 0.29) is 0 Å². The molecule has 19 heavy (non-hydrogen) atoms. The molecule has 0 saturated carbocycles. The van der Waals surface area contributed by atoms with Crippen LogP contribution in [0.4, 0.5) is 0 Å². The predicted molar refractivity (Wildman–Crippen MR) is 81.3 cm³/mol. The van der Waals surface area contributed by atoms with Crippen LogP contribution in [-0.4, -0.2) is 6.04 Å². The molecule has 2 N–H and O–H groups in total. The molecule has 0 aromatic heterocycles. The van der Waals surface area contributed by atoms with Gasteiger partial charge in [-0.3, -0.25) is 0 Å². The van der Waals surface area contributed by atoms with Gasteiger partial charge in [-0.2, -0.15) is 0 Å². The number of aryl methyl sites for hydroxylation is 1. The van der Waals surface area contributed by atoms with Crippen molar-refractivity contribution in [1.82, 2.24) is 0 Å². The van der Waals surface area contributed by atoms with E-state index < -0.39 is 0 Å². The summed E-state index contributed by atoms with van der Waals surface area (Å²) in [5.41, 5.74) is 13.2. The standard InChI is InChI=1S/C18H21N/c1-13(19)6-4-8-14-9-5-11-17-16-10-3-2-7-15(16)12-18(14)17/h2-3,5,7,9-11,13H,4,6,8,12,19H2,1H3. The normalized spacial score (nSPS) is 14.0. The fraction of sp³-hybridized carbons (Fsp3) is 0.333. The Balaban J connectivity index is 1.86. The second-order valence-corrected chi connectivity index (χ2v) is 5.65. The monoisotopic (exact) mass is 251 g/mol. The average Bonchev–Trinajstić information content (AvgIpc) is 2.78. The van der Waals surface area contributed by atoms with Crippen molar-refractivity contribution in [3.05, 3.63) is 59.2 Å². The lowest BCUT2D eigenvalue weighted by Crippen LogP contribution is -2.14. The second kappa shape index (κ2) is 5.18. The molecule has 98 valence electrons. The maximum absolute atomic E-state index is 5.84. The van der Waals surface area contributed by atoms with Crippen molar-refractivity contribution in [1.29, 1.82) is 0 Å². The molecule has 1 aliphatic carbocycles. The van der Waals surface area contributed by atoms with Gasteiger partial charge in [0.2, 0.25) is 0 Å². The molecule has 0 aliphatic heterocycles. The summed E-state index contributed by atoms with van der Waals surface area (Å²) >= 11 is 0. The molecule has 2 aromatic carbocycles. The summed E-state index contributed by atoms with van der Waals surface area (Å²) < 4.78 is 0. The Bertz CT molecular complexity index is 584. The largest absolute Gasteiger partial charge is 0.328 e. The first-order chi connectivity index (χ1) is 9.25. The van der Waals surface area contributed by atoms with Gasteiger partial charge < -0.3 is 5.73 Å². The predicted octanol–water partition coefficient (Wildman–Crippen LogP) is 3.93. The summed E-state index contributed by atoms with van der Waals surface area (Å²) in [6.45, 7) is 2.09. The Hall–Kier alpha value is -1.60. The SMILES string of the molecule is CC(N)CCCc1cccc2c1Cc1ccccc1-2. The molecule has 0 radical (unpaired) electrons. The third-order valence-electron chi connectivity index (χ3n) is 4.05. The van der Waals surface area contributed by atoms with Crippen molar-refractivity contribution in [2.75, 3.05) is 0 Å². The van der Waals surface area contributed by atoms with E-state index in [0.717, 1.165) is 19.3 Å². The highest BCUT2D eigenvalue weighted by Gasteiger charge is 2.19. The van der Waals surface area contributed by atoms with E-state index in [4.69, 9.17) is 5.73 Å². The van der Waals surface area contributed by atoms with E-state index in [1.165, 1.54) is 34.2 Å². The van der Waals surface area contributed by atoms with Crippen LogP contribution in [0, 0.1) is 0 Å². The zero-order valence-corrected chi connectivity index (χ0v) is 11.5. The van der Waals surface area contributed by atoms with E-state index in [9.17, 15) is 0 Å². The molecule has 1 heteroatoms. The Morgan fingerprint density at radius 1 is 1.05 bits per heavy atom. The Morgan fingerprint density at radius 3 is 2.68 bits per heavy atom. The van der Waals surface area contributed by atoms with Crippen molar-refractivity contribution in [3.63, 3.8) is 0 Å². The van der Waals surface area contributed by atoms with Gasteiger partial charge >= 0.3 is 0 Å². The third kappa shape index (κ3) is 2.43. The highest BCUT2D eigenvalue weighted by molar-refractivity contribution is 5.77. The van der Waals surface area contributed by atoms with Gasteiger partial charge in [0.05, 0.1) is 0 Å². The zero-order valence-electron chi connectivity index (χ0n) is 11.5. The minimum Gasteiger partial charge on any atom is -0.328 e. The van der Waals surface area contributed by atoms with Crippen molar-refractivity contribution < 1.29 is 0 Å². The van der Waals surface area contributed by atoms with E-state index in [0.29, 0.717) is 6.04 Å². The summed E-state index contributed by atoms with van der Waals surface area (Å²) in [4.78, 5) is 0. The maximum atomic E-state index is 5.84. The summed E-state index contributed by atoms with van der Waals surface area (Å²) in [6.07, 6.45) is 4.54. The number of rotatable bonds is 4. The minimum absolute atomic E-state index is 0.314. The van der Waals surface area contributed by atoms with Crippen molar-refractivity contribution in [2.24, 2.45) is 5.73 Å². The van der Waals surface area contributed by atoms with Crippen molar-refractivity contribution >= 4 is 0 Å². The number of benzene rings is 2. The summed E-state index contributed by atoms with van der Waals surface area (Å²) in [7, 11) is 0. The van der Waals surface area contributed by atoms with E-state index in [1.54, 1.807) is 0 Å². The number of hydrogen-bond donors (Lipinski definition) is 1. The maximum Gasteiger partial charge on any atom is 0.00105 e. The fourth-order valence-electron chi connectivity index (χ4n) is 3.07. The number of nitrogens with two attached hydrogens (primary N) is 1. The van der Waals surface area contributed by atoms with Gasteiger partial charge in [-0.15, -0.1) is 0 Å². The highest BCUT2D eigenvalue weighted by Crippen LogP contribution is 2.38. The molecule has 3 rings (SSSR count). The quantitative estimate of drug-likeness (QED) is 0.747. The van der Waals surface area contributed by atoms with Crippen LogP contribution < -0.4 is 5.73 Å². The zero-order chi connectivity index (χ0) is 13.2.